The molecule has 0 bridgehead atoms. The third kappa shape index (κ3) is 9.28. The van der Waals surface area contributed by atoms with Gasteiger partial charge in [0, 0.05) is 50.4 Å². The van der Waals surface area contributed by atoms with Crippen molar-refractivity contribution in [1.29, 1.82) is 0 Å². The summed E-state index contributed by atoms with van der Waals surface area (Å²) in [5, 5.41) is 3.03. The van der Waals surface area contributed by atoms with Crippen LogP contribution in [0.1, 0.15) is 76.5 Å². The summed E-state index contributed by atoms with van der Waals surface area (Å²) in [7, 11) is 0. The Bertz CT molecular complexity index is 1620. The topological polar surface area (TPSA) is 126 Å². The fourth-order valence-electron chi connectivity index (χ4n) is 7.69. The Hall–Kier alpha value is -3.85. The van der Waals surface area contributed by atoms with Crippen molar-refractivity contribution in [2.24, 2.45) is 0 Å². The van der Waals surface area contributed by atoms with Crippen molar-refractivity contribution < 1.29 is 37.7 Å². The normalized spacial score (nSPS) is 26.9. The minimum Gasteiger partial charge on any atom is -0.474 e. The van der Waals surface area contributed by atoms with E-state index in [9.17, 15) is 18.8 Å². The second-order valence-corrected chi connectivity index (χ2v) is 16.1. The van der Waals surface area contributed by atoms with E-state index < -0.39 is 5.60 Å². The predicted octanol–water partition coefficient (Wildman–Crippen LogP) is 3.86. The monoisotopic (exact) mass is 738 g/mol. The number of rotatable bonds is 8. The van der Waals surface area contributed by atoms with Gasteiger partial charge in [-0.3, -0.25) is 19.4 Å². The highest BCUT2D eigenvalue weighted by Gasteiger charge is 2.41. The molecular weight excluding hydrogens is 683 g/mol. The molecule has 1 N–H and O–H groups in total. The lowest BCUT2D eigenvalue weighted by molar-refractivity contribution is -0.123. The summed E-state index contributed by atoms with van der Waals surface area (Å²) in [5.41, 5.74) is 1.43. The molecule has 0 aliphatic carbocycles. The maximum Gasteiger partial charge on any atom is 0.410 e. The van der Waals surface area contributed by atoms with Crippen LogP contribution >= 0.6 is 0 Å². The van der Waals surface area contributed by atoms with E-state index in [2.05, 4.69) is 29.0 Å². The highest BCUT2D eigenvalue weighted by atomic mass is 19.1. The standard InChI is InChI=1S/C39H55FN6O7/c1-24-16-43(32(17-44-25(2)20-51-21-26(44)3)18-45(24)38(49)53-39(5,6)7)19-34(47)46-27(4)22-52-37-33(46)15-29(14-28-8-10-30(40)11-9-28)35(42-37)36(48)41-31-12-13-50-23-31/h8-11,15,24-27,31-32H,12-14,16-23H2,1-7H3,(H,41,48)/t24-,25-,26-,27+,31-,32+/m1/s1. The number of carbonyl (C=O) groups excluding carboxylic acids is 3. The zero-order valence-corrected chi connectivity index (χ0v) is 32.1. The van der Waals surface area contributed by atoms with Gasteiger partial charge in [0.2, 0.25) is 11.8 Å². The molecule has 4 aliphatic heterocycles. The van der Waals surface area contributed by atoms with Crippen molar-refractivity contribution >= 4 is 23.6 Å². The SMILES string of the molecule is C[C@@H]1CN(CC(=O)N2c3cc(Cc4ccc(F)cc4)c(C(=O)N[C@@H]4CCOC4)nc3OC[C@@H]2C)[C@@H](CN2[C@H](C)COC[C@H]2C)CN1C(=O)OC(C)(C)C. The molecular formula is C39H55FN6O7. The van der Waals surface area contributed by atoms with Gasteiger partial charge in [-0.2, -0.15) is 0 Å². The first-order chi connectivity index (χ1) is 25.2. The zero-order chi connectivity index (χ0) is 38.0. The molecule has 14 heteroatoms. The van der Waals surface area contributed by atoms with Crippen molar-refractivity contribution in [1.82, 2.24) is 25.0 Å². The summed E-state index contributed by atoms with van der Waals surface area (Å²) in [4.78, 5) is 54.5. The second kappa shape index (κ2) is 16.3. The third-order valence-electron chi connectivity index (χ3n) is 10.5. The maximum atomic E-state index is 14.6. The molecule has 0 saturated carbocycles. The van der Waals surface area contributed by atoms with E-state index in [1.165, 1.54) is 12.1 Å². The molecule has 2 aromatic rings. The number of halogens is 1. The summed E-state index contributed by atoms with van der Waals surface area (Å²) >= 11 is 0. The van der Waals surface area contributed by atoms with Gasteiger partial charge in [-0.1, -0.05) is 12.1 Å². The summed E-state index contributed by atoms with van der Waals surface area (Å²) in [6.07, 6.45) is 0.637. The Kier molecular flexibility index (Phi) is 11.9. The van der Waals surface area contributed by atoms with Crippen LogP contribution in [0.4, 0.5) is 14.9 Å². The fraction of sp³-hybridized carbons (Fsp3) is 0.641. The van der Waals surface area contributed by atoms with Crippen molar-refractivity contribution in [3.05, 3.63) is 53.0 Å². The lowest BCUT2D eigenvalue weighted by Gasteiger charge is -2.49. The van der Waals surface area contributed by atoms with Crippen molar-refractivity contribution in [3.63, 3.8) is 0 Å². The van der Waals surface area contributed by atoms with Gasteiger partial charge in [-0.05, 0) is 90.6 Å². The number of carbonyl (C=O) groups is 3. The second-order valence-electron chi connectivity index (χ2n) is 16.1. The predicted molar refractivity (Wildman–Crippen MR) is 197 cm³/mol. The first-order valence-corrected chi connectivity index (χ1v) is 18.9. The first kappa shape index (κ1) is 38.9. The van der Waals surface area contributed by atoms with Gasteiger partial charge in [0.15, 0.2) is 0 Å². The van der Waals surface area contributed by atoms with E-state index in [0.29, 0.717) is 70.2 Å². The van der Waals surface area contributed by atoms with E-state index in [1.807, 2.05) is 40.7 Å². The van der Waals surface area contributed by atoms with Crippen LogP contribution in [0.3, 0.4) is 0 Å². The number of amides is 3. The Morgan fingerprint density at radius 3 is 2.32 bits per heavy atom. The average molecular weight is 739 g/mol. The number of fused-ring (bicyclic) bond motifs is 1. The zero-order valence-electron chi connectivity index (χ0n) is 32.1. The van der Waals surface area contributed by atoms with Crippen LogP contribution in [0.5, 0.6) is 5.88 Å². The van der Waals surface area contributed by atoms with Gasteiger partial charge in [0.05, 0.1) is 38.4 Å². The molecule has 0 spiro atoms. The number of piperazine rings is 1. The number of nitrogens with zero attached hydrogens (tertiary/aromatic N) is 5. The molecule has 53 heavy (non-hydrogen) atoms. The van der Waals surface area contributed by atoms with Crippen molar-refractivity contribution in [2.45, 2.75) is 103 Å². The highest BCUT2D eigenvalue weighted by molar-refractivity contribution is 5.99. The molecule has 0 unspecified atom stereocenters. The molecule has 290 valence electrons. The number of anilines is 1. The molecule has 13 nitrogen and oxygen atoms in total. The van der Waals surface area contributed by atoms with Gasteiger partial charge >= 0.3 is 6.09 Å². The van der Waals surface area contributed by atoms with Crippen molar-refractivity contribution in [3.8, 4) is 5.88 Å². The summed E-state index contributed by atoms with van der Waals surface area (Å²) in [6, 6.07) is 7.50. The molecule has 6 atom stereocenters. The minimum absolute atomic E-state index is 0.102. The van der Waals surface area contributed by atoms with Gasteiger partial charge in [0.25, 0.3) is 5.91 Å². The molecule has 4 aliphatic rings. The number of hydrogen-bond donors (Lipinski definition) is 1. The van der Waals surface area contributed by atoms with Crippen molar-refractivity contribution in [2.75, 3.05) is 64.1 Å². The highest BCUT2D eigenvalue weighted by Crippen LogP contribution is 2.36. The van der Waals surface area contributed by atoms with Crippen LogP contribution < -0.4 is 15.0 Å². The number of hydrogen-bond acceptors (Lipinski definition) is 10. The molecule has 3 amide bonds. The lowest BCUT2D eigenvalue weighted by atomic mass is 10.0. The minimum atomic E-state index is -0.637. The Morgan fingerprint density at radius 1 is 0.943 bits per heavy atom. The molecule has 6 rings (SSSR count). The third-order valence-corrected chi connectivity index (χ3v) is 10.5. The van der Waals surface area contributed by atoms with Crippen LogP contribution in [0, 0.1) is 5.82 Å². The maximum absolute atomic E-state index is 14.6. The van der Waals surface area contributed by atoms with Crippen LogP contribution in [-0.4, -0.2) is 139 Å². The quantitative estimate of drug-likeness (QED) is 0.427. The van der Waals surface area contributed by atoms with Gasteiger partial charge in [-0.15, -0.1) is 0 Å². The molecule has 1 aromatic carbocycles. The van der Waals surface area contributed by atoms with Gasteiger partial charge < -0.3 is 34.1 Å². The molecule has 5 heterocycles. The van der Waals surface area contributed by atoms with Crippen LogP contribution in [0.25, 0.3) is 0 Å². The van der Waals surface area contributed by atoms with Gasteiger partial charge in [-0.25, -0.2) is 14.2 Å². The Morgan fingerprint density at radius 2 is 1.66 bits per heavy atom. The number of benzene rings is 1. The molecule has 1 aromatic heterocycles. The number of aromatic nitrogens is 1. The number of nitrogens with one attached hydrogen (secondary N) is 1. The lowest BCUT2D eigenvalue weighted by Crippen LogP contribution is -2.65. The Labute approximate surface area is 312 Å². The average Bonchev–Trinajstić information content (AvgIpc) is 3.60. The fourth-order valence-corrected chi connectivity index (χ4v) is 7.69. The Balaban J connectivity index is 1.29. The number of morpholine rings is 1. The molecule has 3 saturated heterocycles. The molecule has 3 fully saturated rings. The molecule has 0 radical (unpaired) electrons. The van der Waals surface area contributed by atoms with E-state index in [-0.39, 0.29) is 84.7 Å². The number of pyridine rings is 1. The van der Waals surface area contributed by atoms with Crippen LogP contribution in [0.2, 0.25) is 0 Å². The number of ether oxygens (including phenoxy) is 4. The summed E-state index contributed by atoms with van der Waals surface area (Å²) < 4.78 is 37.0. The summed E-state index contributed by atoms with van der Waals surface area (Å²) in [5.74, 6) is -0.634. The van der Waals surface area contributed by atoms with Crippen LogP contribution in [-0.2, 0) is 25.4 Å². The van der Waals surface area contributed by atoms with E-state index in [1.54, 1.807) is 21.9 Å². The summed E-state index contributed by atoms with van der Waals surface area (Å²) in [6.45, 7) is 17.9. The largest absolute Gasteiger partial charge is 0.474 e. The van der Waals surface area contributed by atoms with Gasteiger partial charge in [0.1, 0.15) is 29.4 Å². The van der Waals surface area contributed by atoms with E-state index in [4.69, 9.17) is 23.9 Å². The van der Waals surface area contributed by atoms with E-state index >= 15 is 0 Å². The van der Waals surface area contributed by atoms with Crippen LogP contribution in [0.15, 0.2) is 30.3 Å². The van der Waals surface area contributed by atoms with E-state index in [0.717, 1.165) is 5.56 Å². The first-order valence-electron chi connectivity index (χ1n) is 18.9. The smallest absolute Gasteiger partial charge is 0.410 e.